The maximum Gasteiger partial charge on any atom is 0.237 e. The number of aliphatic hydroxyl groups is 1. The van der Waals surface area contributed by atoms with E-state index in [0.29, 0.717) is 18.3 Å². The molecule has 0 radical (unpaired) electrons. The van der Waals surface area contributed by atoms with Crippen molar-refractivity contribution in [2.45, 2.75) is 6.92 Å². The number of morpholine rings is 1. The van der Waals surface area contributed by atoms with Crippen molar-refractivity contribution in [2.75, 3.05) is 61.6 Å². The number of anilines is 4. The number of aliphatic hydroxyl groups excluding tert-OH is 1. The summed E-state index contributed by atoms with van der Waals surface area (Å²) in [6.45, 7) is 6.69. The zero-order valence-electron chi connectivity index (χ0n) is 19.6. The Morgan fingerprint density at radius 3 is 2.71 bits per heavy atom. The maximum absolute atomic E-state index is 7.57. The minimum atomic E-state index is 0.250. The SMILES string of the molecule is CCO.c1cn2cc(-c3cnc4c(c3)NCCO4)nc(Nc3ccc(N4CCOCC4)cc3)c2n1. The highest BCUT2D eigenvalue weighted by atomic mass is 16.5. The van der Waals surface area contributed by atoms with Gasteiger partial charge in [0.05, 0.1) is 24.6 Å². The Labute approximate surface area is 203 Å². The second-order valence-corrected chi connectivity index (χ2v) is 8.07. The molecule has 1 fully saturated rings. The predicted octanol–water partition coefficient (Wildman–Crippen LogP) is 3.17. The van der Waals surface area contributed by atoms with Gasteiger partial charge in [0.2, 0.25) is 5.88 Å². The van der Waals surface area contributed by atoms with Gasteiger partial charge in [-0.1, -0.05) is 0 Å². The smallest absolute Gasteiger partial charge is 0.237 e. The first-order valence-electron chi connectivity index (χ1n) is 11.8. The lowest BCUT2D eigenvalue weighted by molar-refractivity contribution is 0.122. The van der Waals surface area contributed by atoms with Crippen LogP contribution < -0.4 is 20.3 Å². The molecule has 6 rings (SSSR count). The van der Waals surface area contributed by atoms with Crippen molar-refractivity contribution in [1.82, 2.24) is 19.4 Å². The van der Waals surface area contributed by atoms with E-state index in [-0.39, 0.29) is 6.61 Å². The normalized spacial score (nSPS) is 14.9. The Morgan fingerprint density at radius 1 is 1.11 bits per heavy atom. The molecule has 3 N–H and O–H groups in total. The lowest BCUT2D eigenvalue weighted by Crippen LogP contribution is -2.36. The van der Waals surface area contributed by atoms with Crippen molar-refractivity contribution < 1.29 is 14.6 Å². The van der Waals surface area contributed by atoms with Crippen LogP contribution in [0.1, 0.15) is 6.92 Å². The topological polar surface area (TPSA) is 109 Å². The number of fused-ring (bicyclic) bond motifs is 2. The van der Waals surface area contributed by atoms with Gasteiger partial charge >= 0.3 is 0 Å². The highest BCUT2D eigenvalue weighted by Crippen LogP contribution is 2.31. The predicted molar refractivity (Wildman–Crippen MR) is 136 cm³/mol. The quantitative estimate of drug-likeness (QED) is 0.410. The molecule has 0 amide bonds. The molecule has 0 saturated carbocycles. The van der Waals surface area contributed by atoms with Crippen LogP contribution in [0.25, 0.3) is 16.9 Å². The first-order valence-corrected chi connectivity index (χ1v) is 11.8. The summed E-state index contributed by atoms with van der Waals surface area (Å²) in [5.74, 6) is 1.32. The van der Waals surface area contributed by atoms with Crippen molar-refractivity contribution in [1.29, 1.82) is 0 Å². The number of pyridine rings is 1. The summed E-state index contributed by atoms with van der Waals surface area (Å²) >= 11 is 0. The van der Waals surface area contributed by atoms with Crippen LogP contribution in [-0.4, -0.2) is 70.5 Å². The van der Waals surface area contributed by atoms with Crippen LogP contribution in [0.3, 0.4) is 0 Å². The fraction of sp³-hybridized carbons (Fsp3) is 0.320. The van der Waals surface area contributed by atoms with Crippen LogP contribution in [0.2, 0.25) is 0 Å². The Hall–Kier alpha value is -3.89. The Morgan fingerprint density at radius 2 is 1.91 bits per heavy atom. The maximum atomic E-state index is 7.57. The largest absolute Gasteiger partial charge is 0.474 e. The van der Waals surface area contributed by atoms with Crippen molar-refractivity contribution in [2.24, 2.45) is 0 Å². The lowest BCUT2D eigenvalue weighted by atomic mass is 10.2. The number of hydrogen-bond acceptors (Lipinski definition) is 9. The number of rotatable bonds is 4. The summed E-state index contributed by atoms with van der Waals surface area (Å²) < 4.78 is 13.0. The number of imidazole rings is 1. The van der Waals surface area contributed by atoms with Gasteiger partial charge in [-0.05, 0) is 37.3 Å². The number of hydrogen-bond donors (Lipinski definition) is 3. The van der Waals surface area contributed by atoms with Gasteiger partial charge in [0.1, 0.15) is 6.61 Å². The van der Waals surface area contributed by atoms with Crippen molar-refractivity contribution >= 4 is 28.5 Å². The summed E-state index contributed by atoms with van der Waals surface area (Å²) in [7, 11) is 0. The summed E-state index contributed by atoms with van der Waals surface area (Å²) in [6, 6.07) is 10.4. The van der Waals surface area contributed by atoms with Crippen LogP contribution in [-0.2, 0) is 4.74 Å². The van der Waals surface area contributed by atoms with Gasteiger partial charge in [-0.2, -0.15) is 0 Å². The molecule has 10 nitrogen and oxygen atoms in total. The fourth-order valence-corrected chi connectivity index (χ4v) is 4.04. The van der Waals surface area contributed by atoms with Crippen LogP contribution in [0.5, 0.6) is 5.88 Å². The van der Waals surface area contributed by atoms with Gasteiger partial charge in [-0.25, -0.2) is 15.0 Å². The minimum Gasteiger partial charge on any atom is -0.474 e. The molecule has 2 aliphatic heterocycles. The molecule has 1 saturated heterocycles. The minimum absolute atomic E-state index is 0.250. The average molecular weight is 476 g/mol. The molecule has 0 atom stereocenters. The van der Waals surface area contributed by atoms with Crippen molar-refractivity contribution in [3.63, 3.8) is 0 Å². The summed E-state index contributed by atoms with van der Waals surface area (Å²) in [4.78, 5) is 16.1. The van der Waals surface area contributed by atoms with Gasteiger partial charge in [0, 0.05) is 68.0 Å². The number of aromatic nitrogens is 4. The summed E-state index contributed by atoms with van der Waals surface area (Å²) in [5, 5.41) is 14.3. The van der Waals surface area contributed by atoms with Gasteiger partial charge in [0.15, 0.2) is 11.5 Å². The highest BCUT2D eigenvalue weighted by molar-refractivity contribution is 5.75. The summed E-state index contributed by atoms with van der Waals surface area (Å²) in [5.41, 5.74) is 5.50. The van der Waals surface area contributed by atoms with Crippen LogP contribution in [0.4, 0.5) is 22.9 Å². The molecule has 4 aromatic rings. The van der Waals surface area contributed by atoms with Crippen LogP contribution in [0, 0.1) is 0 Å². The van der Waals surface area contributed by atoms with E-state index in [2.05, 4.69) is 49.8 Å². The van der Waals surface area contributed by atoms with E-state index in [1.165, 1.54) is 5.69 Å². The molecule has 10 heteroatoms. The molecule has 0 unspecified atom stereocenters. The fourth-order valence-electron chi connectivity index (χ4n) is 4.04. The number of nitrogens with one attached hydrogen (secondary N) is 2. The van der Waals surface area contributed by atoms with E-state index >= 15 is 0 Å². The standard InChI is InChI=1S/C23H23N7O2.C2H6O/c1-3-18(29-8-11-31-12-9-29)4-2-17(1)27-21-22-25-5-7-30(22)15-20(28-21)16-13-19-23(26-14-16)32-10-6-24-19;1-2-3/h1-5,7,13-15,24H,6,8-12H2,(H,27,28);3H,2H2,1H3. The van der Waals surface area contributed by atoms with E-state index in [1.54, 1.807) is 19.3 Å². The van der Waals surface area contributed by atoms with Gasteiger partial charge in [-0.3, -0.25) is 0 Å². The van der Waals surface area contributed by atoms with E-state index in [1.807, 2.05) is 22.9 Å². The molecule has 3 aromatic heterocycles. The lowest BCUT2D eigenvalue weighted by Gasteiger charge is -2.28. The monoisotopic (exact) mass is 475 g/mol. The molecule has 5 heterocycles. The molecule has 0 aliphatic carbocycles. The number of nitrogens with zero attached hydrogens (tertiary/aromatic N) is 5. The first-order chi connectivity index (χ1) is 17.2. The Bertz CT molecular complexity index is 1270. The van der Waals surface area contributed by atoms with Gasteiger partial charge in [-0.15, -0.1) is 0 Å². The molecular formula is C25H29N7O3. The molecule has 35 heavy (non-hydrogen) atoms. The van der Waals surface area contributed by atoms with Crippen LogP contribution in [0.15, 0.2) is 55.1 Å². The number of ether oxygens (including phenoxy) is 2. The average Bonchev–Trinajstić information content (AvgIpc) is 3.39. The van der Waals surface area contributed by atoms with E-state index in [9.17, 15) is 0 Å². The second-order valence-electron chi connectivity index (χ2n) is 8.07. The number of benzene rings is 1. The third-order valence-electron chi connectivity index (χ3n) is 5.68. The summed E-state index contributed by atoms with van der Waals surface area (Å²) in [6.07, 6.45) is 7.44. The van der Waals surface area contributed by atoms with Crippen LogP contribution >= 0.6 is 0 Å². The molecule has 2 aliphatic rings. The van der Waals surface area contributed by atoms with E-state index in [0.717, 1.165) is 61.1 Å². The third-order valence-corrected chi connectivity index (χ3v) is 5.68. The van der Waals surface area contributed by atoms with E-state index < -0.39 is 0 Å². The second kappa shape index (κ2) is 10.6. The molecule has 1 aromatic carbocycles. The Kier molecular flexibility index (Phi) is 6.92. The molecule has 0 bridgehead atoms. The van der Waals surface area contributed by atoms with Crippen molar-refractivity contribution in [3.05, 3.63) is 55.1 Å². The molecule has 0 spiro atoms. The third kappa shape index (κ3) is 5.13. The molecular weight excluding hydrogens is 446 g/mol. The van der Waals surface area contributed by atoms with Gasteiger partial charge < -0.3 is 34.5 Å². The zero-order valence-corrected chi connectivity index (χ0v) is 19.6. The highest BCUT2D eigenvalue weighted by Gasteiger charge is 2.16. The van der Waals surface area contributed by atoms with E-state index in [4.69, 9.17) is 19.6 Å². The molecule has 182 valence electrons. The first kappa shape index (κ1) is 22.9. The van der Waals surface area contributed by atoms with Crippen molar-refractivity contribution in [3.8, 4) is 17.1 Å². The Balaban J connectivity index is 0.000000806. The van der Waals surface area contributed by atoms with Gasteiger partial charge in [0.25, 0.3) is 0 Å². The zero-order chi connectivity index (χ0) is 24.0.